The van der Waals surface area contributed by atoms with E-state index in [1.807, 2.05) is 0 Å². The summed E-state index contributed by atoms with van der Waals surface area (Å²) in [5, 5.41) is 3.89. The van der Waals surface area contributed by atoms with Crippen molar-refractivity contribution in [2.75, 3.05) is 13.1 Å². The molecule has 92 valence electrons. The van der Waals surface area contributed by atoms with Gasteiger partial charge in [-0.05, 0) is 41.2 Å². The van der Waals surface area contributed by atoms with Gasteiger partial charge in [0.2, 0.25) is 11.7 Å². The lowest BCUT2D eigenvalue weighted by atomic mass is 10.4. The molecule has 0 aliphatic rings. The van der Waals surface area contributed by atoms with E-state index in [2.05, 4.69) is 44.8 Å². The Kier molecular flexibility index (Phi) is 3.96. The van der Waals surface area contributed by atoms with Crippen molar-refractivity contribution in [3.8, 4) is 11.6 Å². The van der Waals surface area contributed by atoms with Crippen LogP contribution in [-0.4, -0.2) is 28.1 Å². The zero-order chi connectivity index (χ0) is 12.3. The van der Waals surface area contributed by atoms with Crippen LogP contribution >= 0.6 is 15.9 Å². The van der Waals surface area contributed by atoms with Crippen LogP contribution in [0.15, 0.2) is 25.7 Å². The monoisotopic (exact) mass is 299 g/mol. The highest BCUT2D eigenvalue weighted by atomic mass is 79.9. The van der Waals surface area contributed by atoms with Gasteiger partial charge >= 0.3 is 0 Å². The van der Waals surface area contributed by atoms with Gasteiger partial charge in [0.05, 0.1) is 6.54 Å². The first kappa shape index (κ1) is 12.3. The lowest BCUT2D eigenvalue weighted by Crippen LogP contribution is -2.22. The molecule has 2 aromatic heterocycles. The molecule has 0 spiro atoms. The first-order valence-corrected chi connectivity index (χ1v) is 6.32. The standard InChI is InChI=1S/C11H14BrN3O2/c1-3-15(4-2)7-10-13-11(14-17-10)8-5-6-9(12)16-8/h5-6H,3-4,7H2,1-2H3. The topological polar surface area (TPSA) is 55.3 Å². The highest BCUT2D eigenvalue weighted by molar-refractivity contribution is 9.10. The van der Waals surface area contributed by atoms with E-state index in [1.165, 1.54) is 0 Å². The lowest BCUT2D eigenvalue weighted by Gasteiger charge is -2.14. The minimum absolute atomic E-state index is 0.484. The molecular weight excluding hydrogens is 286 g/mol. The van der Waals surface area contributed by atoms with Crippen LogP contribution in [0.25, 0.3) is 11.6 Å². The molecule has 5 nitrogen and oxygen atoms in total. The number of hydrogen-bond acceptors (Lipinski definition) is 5. The van der Waals surface area contributed by atoms with Crippen molar-refractivity contribution >= 4 is 15.9 Å². The van der Waals surface area contributed by atoms with E-state index in [4.69, 9.17) is 8.94 Å². The SMILES string of the molecule is CCN(CC)Cc1nc(-c2ccc(Br)o2)no1. The molecule has 0 aliphatic carbocycles. The van der Waals surface area contributed by atoms with Crippen molar-refractivity contribution in [1.82, 2.24) is 15.0 Å². The second kappa shape index (κ2) is 5.46. The fraction of sp³-hybridized carbons (Fsp3) is 0.455. The molecule has 0 radical (unpaired) electrons. The highest BCUT2D eigenvalue weighted by Crippen LogP contribution is 2.22. The van der Waals surface area contributed by atoms with Crippen LogP contribution in [0.4, 0.5) is 0 Å². The molecule has 0 saturated heterocycles. The lowest BCUT2D eigenvalue weighted by molar-refractivity contribution is 0.246. The summed E-state index contributed by atoms with van der Waals surface area (Å²) >= 11 is 3.24. The Morgan fingerprint density at radius 3 is 2.65 bits per heavy atom. The predicted molar refractivity (Wildman–Crippen MR) is 66.3 cm³/mol. The van der Waals surface area contributed by atoms with Gasteiger partial charge in [0, 0.05) is 0 Å². The van der Waals surface area contributed by atoms with E-state index >= 15 is 0 Å². The maximum Gasteiger partial charge on any atom is 0.241 e. The Hall–Kier alpha value is -1.14. The molecule has 0 bridgehead atoms. The zero-order valence-electron chi connectivity index (χ0n) is 9.81. The van der Waals surface area contributed by atoms with Crippen molar-refractivity contribution in [3.63, 3.8) is 0 Å². The second-order valence-corrected chi connectivity index (χ2v) is 4.36. The van der Waals surface area contributed by atoms with Crippen molar-refractivity contribution in [3.05, 3.63) is 22.7 Å². The van der Waals surface area contributed by atoms with E-state index in [9.17, 15) is 0 Å². The molecule has 0 fully saturated rings. The fourth-order valence-corrected chi connectivity index (χ4v) is 1.80. The molecule has 0 aliphatic heterocycles. The number of aromatic nitrogens is 2. The summed E-state index contributed by atoms with van der Waals surface area (Å²) in [5.41, 5.74) is 0. The van der Waals surface area contributed by atoms with Gasteiger partial charge in [-0.1, -0.05) is 19.0 Å². The van der Waals surface area contributed by atoms with Crippen LogP contribution < -0.4 is 0 Å². The predicted octanol–water partition coefficient (Wildman–Crippen LogP) is 2.93. The molecule has 2 rings (SSSR count). The van der Waals surface area contributed by atoms with E-state index in [0.29, 0.717) is 28.7 Å². The molecule has 17 heavy (non-hydrogen) atoms. The minimum Gasteiger partial charge on any atom is -0.446 e. The van der Waals surface area contributed by atoms with Crippen LogP contribution in [0.2, 0.25) is 0 Å². The van der Waals surface area contributed by atoms with Crippen LogP contribution in [0.3, 0.4) is 0 Å². The Bertz CT molecular complexity index is 477. The Morgan fingerprint density at radius 2 is 2.06 bits per heavy atom. The van der Waals surface area contributed by atoms with E-state index in [-0.39, 0.29) is 0 Å². The van der Waals surface area contributed by atoms with Gasteiger partial charge in [-0.25, -0.2) is 0 Å². The van der Waals surface area contributed by atoms with Crippen molar-refractivity contribution in [2.24, 2.45) is 0 Å². The average molecular weight is 300 g/mol. The third-order valence-corrected chi connectivity index (χ3v) is 2.94. The smallest absolute Gasteiger partial charge is 0.241 e. The minimum atomic E-state index is 0.484. The number of hydrogen-bond donors (Lipinski definition) is 0. The molecule has 6 heteroatoms. The number of rotatable bonds is 5. The molecular formula is C11H14BrN3O2. The Labute approximate surface area is 108 Å². The summed E-state index contributed by atoms with van der Waals surface area (Å²) in [6.07, 6.45) is 0. The summed E-state index contributed by atoms with van der Waals surface area (Å²) in [7, 11) is 0. The van der Waals surface area contributed by atoms with Crippen LogP contribution in [-0.2, 0) is 6.54 Å². The summed E-state index contributed by atoms with van der Waals surface area (Å²) < 4.78 is 11.2. The van der Waals surface area contributed by atoms with Crippen molar-refractivity contribution in [1.29, 1.82) is 0 Å². The summed E-state index contributed by atoms with van der Waals surface area (Å²) in [5.74, 6) is 1.69. The summed E-state index contributed by atoms with van der Waals surface area (Å²) in [4.78, 5) is 6.50. The van der Waals surface area contributed by atoms with Crippen LogP contribution in [0.1, 0.15) is 19.7 Å². The van der Waals surface area contributed by atoms with E-state index in [0.717, 1.165) is 13.1 Å². The van der Waals surface area contributed by atoms with Gasteiger partial charge in [0.1, 0.15) is 0 Å². The van der Waals surface area contributed by atoms with E-state index < -0.39 is 0 Å². The molecule has 0 saturated carbocycles. The van der Waals surface area contributed by atoms with Gasteiger partial charge in [-0.2, -0.15) is 4.98 Å². The number of halogens is 1. The number of furan rings is 1. The maximum absolute atomic E-state index is 5.36. The second-order valence-electron chi connectivity index (χ2n) is 3.58. The third kappa shape index (κ3) is 2.95. The van der Waals surface area contributed by atoms with Gasteiger partial charge in [-0.3, -0.25) is 4.90 Å². The molecule has 0 N–H and O–H groups in total. The van der Waals surface area contributed by atoms with E-state index in [1.54, 1.807) is 12.1 Å². The van der Waals surface area contributed by atoms with Crippen LogP contribution in [0, 0.1) is 0 Å². The quantitative estimate of drug-likeness (QED) is 0.849. The Balaban J connectivity index is 2.10. The Morgan fingerprint density at radius 1 is 1.29 bits per heavy atom. The van der Waals surface area contributed by atoms with Gasteiger partial charge in [0.15, 0.2) is 10.4 Å². The highest BCUT2D eigenvalue weighted by Gasteiger charge is 2.13. The normalized spacial score (nSPS) is 11.3. The maximum atomic E-state index is 5.36. The molecule has 2 heterocycles. The zero-order valence-corrected chi connectivity index (χ0v) is 11.4. The van der Waals surface area contributed by atoms with Crippen LogP contribution in [0.5, 0.6) is 0 Å². The summed E-state index contributed by atoms with van der Waals surface area (Å²) in [6, 6.07) is 3.60. The molecule has 0 amide bonds. The average Bonchev–Trinajstić information content (AvgIpc) is 2.94. The first-order chi connectivity index (χ1) is 8.22. The van der Waals surface area contributed by atoms with Gasteiger partial charge in [-0.15, -0.1) is 0 Å². The first-order valence-electron chi connectivity index (χ1n) is 5.53. The van der Waals surface area contributed by atoms with Crippen molar-refractivity contribution in [2.45, 2.75) is 20.4 Å². The largest absolute Gasteiger partial charge is 0.446 e. The molecule has 0 unspecified atom stereocenters. The molecule has 2 aromatic rings. The van der Waals surface area contributed by atoms with Crippen molar-refractivity contribution < 1.29 is 8.94 Å². The number of nitrogens with zero attached hydrogens (tertiary/aromatic N) is 3. The molecule has 0 atom stereocenters. The fourth-order valence-electron chi connectivity index (χ4n) is 1.49. The van der Waals surface area contributed by atoms with Gasteiger partial charge < -0.3 is 8.94 Å². The third-order valence-electron chi connectivity index (χ3n) is 2.51. The summed E-state index contributed by atoms with van der Waals surface area (Å²) in [6.45, 7) is 6.79. The van der Waals surface area contributed by atoms with Gasteiger partial charge in [0.25, 0.3) is 0 Å². The molecule has 0 aromatic carbocycles.